The van der Waals surface area contributed by atoms with Gasteiger partial charge in [-0.3, -0.25) is 19.4 Å². The van der Waals surface area contributed by atoms with E-state index in [1.54, 1.807) is 31.4 Å². The van der Waals surface area contributed by atoms with Crippen LogP contribution in [0.5, 0.6) is 11.6 Å². The third-order valence-corrected chi connectivity index (χ3v) is 4.55. The molecule has 8 nitrogen and oxygen atoms in total. The number of aromatic hydroxyl groups is 1. The molecule has 0 aliphatic carbocycles. The van der Waals surface area contributed by atoms with Crippen molar-refractivity contribution < 1.29 is 9.84 Å². The summed E-state index contributed by atoms with van der Waals surface area (Å²) in [6.45, 7) is 3.32. The van der Waals surface area contributed by atoms with Crippen LogP contribution in [0.2, 0.25) is 0 Å². The zero-order chi connectivity index (χ0) is 18.7. The maximum absolute atomic E-state index is 12.3. The van der Waals surface area contributed by atoms with Crippen molar-refractivity contribution in [2.24, 2.45) is 5.10 Å². The number of hydrogen-bond acceptors (Lipinski definition) is 7. The number of rotatable bonds is 4. The molecule has 2 N–H and O–H groups in total. The molecule has 1 aliphatic heterocycles. The highest BCUT2D eigenvalue weighted by molar-refractivity contribution is 7.71. The van der Waals surface area contributed by atoms with Crippen molar-refractivity contribution in [3.8, 4) is 17.3 Å². The second-order valence-electron chi connectivity index (χ2n) is 6.03. The summed E-state index contributed by atoms with van der Waals surface area (Å²) in [5.41, 5.74) is 0.155. The van der Waals surface area contributed by atoms with Crippen molar-refractivity contribution in [2.75, 3.05) is 40.3 Å². The molecule has 0 radical (unpaired) electrons. The molecule has 138 valence electrons. The van der Waals surface area contributed by atoms with Crippen LogP contribution in [0.3, 0.4) is 0 Å². The Morgan fingerprint density at radius 2 is 2.04 bits per heavy atom. The number of nitrogens with one attached hydrogen (secondary N) is 1. The standard InChI is InChI=1S/C17H21N5O3S/c1-20-6-8-21(9-7-20)18-11-14-15(23)19-17(26)22(16(14)24)12-4-3-5-13(10-12)25-2/h3-5,10-11,24H,6-9H2,1-2H3,(H,19,23,26)/b18-11+. The van der Waals surface area contributed by atoms with Gasteiger partial charge in [0.05, 0.1) is 19.0 Å². The van der Waals surface area contributed by atoms with Gasteiger partial charge in [0.25, 0.3) is 5.56 Å². The molecule has 0 unspecified atom stereocenters. The molecule has 0 atom stereocenters. The zero-order valence-electron chi connectivity index (χ0n) is 14.7. The average Bonchev–Trinajstić information content (AvgIpc) is 2.63. The first-order valence-corrected chi connectivity index (χ1v) is 8.60. The van der Waals surface area contributed by atoms with Crippen LogP contribution in [0.1, 0.15) is 5.56 Å². The lowest BCUT2D eigenvalue weighted by Crippen LogP contribution is -2.41. The maximum atomic E-state index is 12.3. The number of nitrogens with zero attached hydrogens (tertiary/aromatic N) is 4. The maximum Gasteiger partial charge on any atom is 0.264 e. The molecule has 0 bridgehead atoms. The highest BCUT2D eigenvalue weighted by Gasteiger charge is 2.15. The van der Waals surface area contributed by atoms with E-state index in [0.717, 1.165) is 26.2 Å². The quantitative estimate of drug-likeness (QED) is 0.617. The van der Waals surface area contributed by atoms with E-state index in [9.17, 15) is 9.90 Å². The number of benzene rings is 1. The van der Waals surface area contributed by atoms with Crippen LogP contribution in [0.4, 0.5) is 0 Å². The first-order chi connectivity index (χ1) is 12.5. The van der Waals surface area contributed by atoms with Crippen molar-refractivity contribution in [3.05, 3.63) is 45.0 Å². The summed E-state index contributed by atoms with van der Waals surface area (Å²) < 4.78 is 6.68. The molecule has 0 saturated carbocycles. The van der Waals surface area contributed by atoms with Crippen LogP contribution in [-0.2, 0) is 0 Å². The predicted octanol–water partition coefficient (Wildman–Crippen LogP) is 1.19. The van der Waals surface area contributed by atoms with E-state index < -0.39 is 5.56 Å². The molecule has 1 fully saturated rings. The van der Waals surface area contributed by atoms with Crippen LogP contribution in [-0.4, -0.2) is 71.1 Å². The molecule has 2 heterocycles. The van der Waals surface area contributed by atoms with Gasteiger partial charge in [0.15, 0.2) is 4.77 Å². The number of piperazine rings is 1. The molecule has 9 heteroatoms. The van der Waals surface area contributed by atoms with E-state index in [1.807, 2.05) is 5.01 Å². The zero-order valence-corrected chi connectivity index (χ0v) is 15.5. The van der Waals surface area contributed by atoms with Gasteiger partial charge in [-0.1, -0.05) is 6.07 Å². The molecule has 1 aromatic heterocycles. The van der Waals surface area contributed by atoms with Gasteiger partial charge in [0.2, 0.25) is 5.88 Å². The number of ether oxygens (including phenoxy) is 1. The lowest BCUT2D eigenvalue weighted by molar-refractivity contribution is 0.159. The van der Waals surface area contributed by atoms with Crippen molar-refractivity contribution in [2.45, 2.75) is 0 Å². The molecular formula is C17H21N5O3S. The summed E-state index contributed by atoms with van der Waals surface area (Å²) in [7, 11) is 3.61. The van der Waals surface area contributed by atoms with Crippen molar-refractivity contribution >= 4 is 18.4 Å². The fraction of sp³-hybridized carbons (Fsp3) is 0.353. The summed E-state index contributed by atoms with van der Waals surface area (Å²) >= 11 is 5.22. The van der Waals surface area contributed by atoms with Gasteiger partial charge in [-0.25, -0.2) is 0 Å². The van der Waals surface area contributed by atoms with Crippen LogP contribution >= 0.6 is 12.2 Å². The first-order valence-electron chi connectivity index (χ1n) is 8.20. The fourth-order valence-electron chi connectivity index (χ4n) is 2.69. The Morgan fingerprint density at radius 3 is 2.73 bits per heavy atom. The van der Waals surface area contributed by atoms with Crippen LogP contribution in [0, 0.1) is 4.77 Å². The lowest BCUT2D eigenvalue weighted by atomic mass is 10.2. The summed E-state index contributed by atoms with van der Waals surface area (Å²) in [5, 5.41) is 16.9. The SMILES string of the molecule is COc1cccc(-n2c(O)c(/C=N/N3CCN(C)CC3)c(=O)[nH]c2=S)c1. The van der Waals surface area contributed by atoms with Gasteiger partial charge < -0.3 is 14.7 Å². The predicted molar refractivity (Wildman–Crippen MR) is 102 cm³/mol. The average molecular weight is 375 g/mol. The number of H-pyrrole nitrogens is 1. The Labute approximate surface area is 155 Å². The smallest absolute Gasteiger partial charge is 0.264 e. The van der Waals surface area contributed by atoms with E-state index in [0.29, 0.717) is 11.4 Å². The molecule has 26 heavy (non-hydrogen) atoms. The third-order valence-electron chi connectivity index (χ3n) is 4.26. The Kier molecular flexibility index (Phi) is 5.38. The summed E-state index contributed by atoms with van der Waals surface area (Å²) in [6.07, 6.45) is 1.38. The summed E-state index contributed by atoms with van der Waals surface area (Å²) in [6, 6.07) is 7.04. The monoisotopic (exact) mass is 375 g/mol. The minimum Gasteiger partial charge on any atom is -0.497 e. The van der Waals surface area contributed by atoms with Gasteiger partial charge in [-0.15, -0.1) is 0 Å². The van der Waals surface area contributed by atoms with Crippen LogP contribution < -0.4 is 10.3 Å². The molecule has 2 aromatic rings. The number of aromatic nitrogens is 2. The largest absolute Gasteiger partial charge is 0.497 e. The molecule has 1 saturated heterocycles. The summed E-state index contributed by atoms with van der Waals surface area (Å²) in [5.74, 6) is 0.354. The number of hydrogen-bond donors (Lipinski definition) is 2. The molecule has 0 amide bonds. The Morgan fingerprint density at radius 1 is 1.31 bits per heavy atom. The third kappa shape index (κ3) is 3.78. The minimum absolute atomic E-state index is 0.0559. The van der Waals surface area contributed by atoms with Crippen molar-refractivity contribution in [3.63, 3.8) is 0 Å². The molecular weight excluding hydrogens is 354 g/mol. The highest BCUT2D eigenvalue weighted by Crippen LogP contribution is 2.22. The number of likely N-dealkylation sites (N-methyl/N-ethyl adjacent to an activating group) is 1. The number of hydrazone groups is 1. The van der Waals surface area contributed by atoms with E-state index in [-0.39, 0.29) is 16.2 Å². The van der Waals surface area contributed by atoms with Gasteiger partial charge in [-0.05, 0) is 31.4 Å². The van der Waals surface area contributed by atoms with E-state index in [2.05, 4.69) is 22.0 Å². The highest BCUT2D eigenvalue weighted by atomic mass is 32.1. The van der Waals surface area contributed by atoms with E-state index in [4.69, 9.17) is 17.0 Å². The Bertz CT molecular complexity index is 929. The lowest BCUT2D eigenvalue weighted by Gasteiger charge is -2.30. The van der Waals surface area contributed by atoms with Gasteiger partial charge in [0, 0.05) is 32.2 Å². The minimum atomic E-state index is -0.482. The van der Waals surface area contributed by atoms with Crippen LogP contribution in [0.25, 0.3) is 5.69 Å². The topological polar surface area (TPSA) is 86.1 Å². The van der Waals surface area contributed by atoms with Gasteiger partial charge in [0.1, 0.15) is 11.3 Å². The molecule has 0 spiro atoms. The van der Waals surface area contributed by atoms with Crippen molar-refractivity contribution in [1.82, 2.24) is 19.5 Å². The molecule has 3 rings (SSSR count). The second kappa shape index (κ2) is 7.71. The van der Waals surface area contributed by atoms with Gasteiger partial charge in [-0.2, -0.15) is 5.10 Å². The Hall–Kier alpha value is -2.65. The van der Waals surface area contributed by atoms with Crippen molar-refractivity contribution in [1.29, 1.82) is 0 Å². The summed E-state index contributed by atoms with van der Waals surface area (Å²) in [4.78, 5) is 17.0. The number of aromatic amines is 1. The van der Waals surface area contributed by atoms with Crippen LogP contribution in [0.15, 0.2) is 34.2 Å². The fourth-order valence-corrected chi connectivity index (χ4v) is 2.98. The normalized spacial score (nSPS) is 15.5. The number of methoxy groups -OCH3 is 1. The van der Waals surface area contributed by atoms with E-state index in [1.165, 1.54) is 10.8 Å². The van der Waals surface area contributed by atoms with E-state index >= 15 is 0 Å². The molecule has 1 aromatic carbocycles. The second-order valence-corrected chi connectivity index (χ2v) is 6.42. The molecule has 1 aliphatic rings. The first kappa shape index (κ1) is 18.2. The van der Waals surface area contributed by atoms with Gasteiger partial charge >= 0.3 is 0 Å². The Balaban J connectivity index is 1.99.